The van der Waals surface area contributed by atoms with Crippen molar-refractivity contribution < 1.29 is 13.2 Å². The average molecular weight is 301 g/mol. The van der Waals surface area contributed by atoms with Crippen LogP contribution >= 0.6 is 11.8 Å². The molecule has 1 heterocycles. The third-order valence-electron chi connectivity index (χ3n) is 2.28. The van der Waals surface area contributed by atoms with Gasteiger partial charge in [-0.05, 0) is 30.0 Å². The maximum Gasteiger partial charge on any atom is 0.416 e. The Balaban J connectivity index is 2.30. The third-order valence-corrected chi connectivity index (χ3v) is 3.24. The van der Waals surface area contributed by atoms with Crippen molar-refractivity contribution in [3.8, 4) is 0 Å². The van der Waals surface area contributed by atoms with Gasteiger partial charge >= 0.3 is 6.18 Å². The predicted molar refractivity (Wildman–Crippen MR) is 70.8 cm³/mol. The second-order valence-corrected chi connectivity index (χ2v) is 4.86. The fraction of sp³-hybridized carbons (Fsp3) is 0.0909. The van der Waals surface area contributed by atoms with Gasteiger partial charge in [-0.2, -0.15) is 13.2 Å². The van der Waals surface area contributed by atoms with Crippen LogP contribution in [0.5, 0.6) is 0 Å². The van der Waals surface area contributed by atoms with Crippen LogP contribution in [-0.2, 0) is 6.18 Å². The van der Waals surface area contributed by atoms with E-state index in [1.54, 1.807) is 0 Å². The van der Waals surface area contributed by atoms with E-state index in [4.69, 9.17) is 17.2 Å². The summed E-state index contributed by atoms with van der Waals surface area (Å²) in [7, 11) is 0. The first kappa shape index (κ1) is 14.3. The summed E-state index contributed by atoms with van der Waals surface area (Å²) in [5, 5.41) is 0.217. The molecule has 0 fully saturated rings. The number of alkyl halides is 3. The molecule has 0 saturated carbocycles. The zero-order valence-electron chi connectivity index (χ0n) is 9.98. The van der Waals surface area contributed by atoms with E-state index < -0.39 is 11.7 Å². The SMILES string of the molecule is Nc1cc(N)nc(Sc2ccc(C(F)(F)F)cc2N)n1. The Labute approximate surface area is 116 Å². The molecule has 0 saturated heterocycles. The molecule has 0 unspecified atom stereocenters. The van der Waals surface area contributed by atoms with Gasteiger partial charge in [0.2, 0.25) is 0 Å². The van der Waals surface area contributed by atoms with Crippen LogP contribution < -0.4 is 17.2 Å². The fourth-order valence-corrected chi connectivity index (χ4v) is 2.24. The third kappa shape index (κ3) is 3.23. The highest BCUT2D eigenvalue weighted by molar-refractivity contribution is 7.99. The van der Waals surface area contributed by atoms with Crippen molar-refractivity contribution in [3.05, 3.63) is 29.8 Å². The first-order chi connectivity index (χ1) is 9.25. The molecular formula is C11H10F3N5S. The lowest BCUT2D eigenvalue weighted by atomic mass is 10.2. The molecule has 5 nitrogen and oxygen atoms in total. The van der Waals surface area contributed by atoms with Gasteiger partial charge in [0, 0.05) is 16.6 Å². The Morgan fingerprint density at radius 1 is 0.950 bits per heavy atom. The van der Waals surface area contributed by atoms with Crippen molar-refractivity contribution in [3.63, 3.8) is 0 Å². The molecule has 0 aliphatic rings. The molecule has 20 heavy (non-hydrogen) atoms. The van der Waals surface area contributed by atoms with E-state index in [9.17, 15) is 13.2 Å². The average Bonchev–Trinajstić information content (AvgIpc) is 2.29. The summed E-state index contributed by atoms with van der Waals surface area (Å²) < 4.78 is 37.5. The lowest BCUT2D eigenvalue weighted by Gasteiger charge is -2.10. The van der Waals surface area contributed by atoms with Gasteiger partial charge < -0.3 is 17.2 Å². The quantitative estimate of drug-likeness (QED) is 0.581. The van der Waals surface area contributed by atoms with Crippen LogP contribution in [-0.4, -0.2) is 9.97 Å². The van der Waals surface area contributed by atoms with E-state index in [2.05, 4.69) is 9.97 Å². The Kier molecular flexibility index (Phi) is 3.62. The molecule has 9 heteroatoms. The highest BCUT2D eigenvalue weighted by Gasteiger charge is 2.30. The molecule has 6 N–H and O–H groups in total. The van der Waals surface area contributed by atoms with Gasteiger partial charge in [-0.15, -0.1) is 0 Å². The molecule has 0 aliphatic heterocycles. The molecule has 0 aliphatic carbocycles. The minimum atomic E-state index is -4.44. The van der Waals surface area contributed by atoms with Crippen molar-refractivity contribution in [2.24, 2.45) is 0 Å². The summed E-state index contributed by atoms with van der Waals surface area (Å²) >= 11 is 0.987. The lowest BCUT2D eigenvalue weighted by Crippen LogP contribution is -2.06. The molecule has 2 rings (SSSR count). The number of aromatic nitrogens is 2. The number of hydrogen-bond donors (Lipinski definition) is 3. The van der Waals surface area contributed by atoms with Crippen molar-refractivity contribution in [2.75, 3.05) is 17.2 Å². The number of anilines is 3. The van der Waals surface area contributed by atoms with Crippen molar-refractivity contribution in [2.45, 2.75) is 16.2 Å². The second-order valence-electron chi connectivity index (χ2n) is 3.85. The van der Waals surface area contributed by atoms with Gasteiger partial charge in [0.25, 0.3) is 0 Å². The summed E-state index contributed by atoms with van der Waals surface area (Å²) in [4.78, 5) is 8.22. The summed E-state index contributed by atoms with van der Waals surface area (Å²) in [6.45, 7) is 0. The highest BCUT2D eigenvalue weighted by atomic mass is 32.2. The minimum absolute atomic E-state index is 0.0191. The standard InChI is InChI=1S/C11H10F3N5S/c12-11(13,14)5-1-2-7(6(15)3-5)20-10-18-8(16)4-9(17)19-10/h1-4H,15H2,(H4,16,17,18,19). The molecule has 1 aromatic carbocycles. The van der Waals surface area contributed by atoms with E-state index in [0.717, 1.165) is 23.9 Å². The van der Waals surface area contributed by atoms with Gasteiger partial charge in [0.15, 0.2) is 5.16 Å². The van der Waals surface area contributed by atoms with E-state index in [1.165, 1.54) is 12.1 Å². The predicted octanol–water partition coefficient (Wildman–Crippen LogP) is 2.39. The lowest BCUT2D eigenvalue weighted by molar-refractivity contribution is -0.137. The number of rotatable bonds is 2. The summed E-state index contributed by atoms with van der Waals surface area (Å²) in [5.41, 5.74) is 15.8. The Bertz CT molecular complexity index is 624. The second kappa shape index (κ2) is 5.08. The highest BCUT2D eigenvalue weighted by Crippen LogP contribution is 2.36. The van der Waals surface area contributed by atoms with Crippen molar-refractivity contribution in [1.82, 2.24) is 9.97 Å². The molecule has 0 spiro atoms. The number of benzene rings is 1. The number of nitrogens with two attached hydrogens (primary N) is 3. The molecular weight excluding hydrogens is 291 g/mol. The number of halogens is 3. The monoisotopic (exact) mass is 301 g/mol. The first-order valence-corrected chi connectivity index (χ1v) is 6.12. The van der Waals surface area contributed by atoms with Crippen LogP contribution in [0.15, 0.2) is 34.3 Å². The number of hydrogen-bond acceptors (Lipinski definition) is 6. The van der Waals surface area contributed by atoms with Crippen LogP contribution in [0.3, 0.4) is 0 Å². The first-order valence-electron chi connectivity index (χ1n) is 5.30. The smallest absolute Gasteiger partial charge is 0.398 e. The normalized spacial score (nSPS) is 11.6. The topological polar surface area (TPSA) is 104 Å². The zero-order valence-corrected chi connectivity index (χ0v) is 10.8. The fourth-order valence-electron chi connectivity index (χ4n) is 1.42. The van der Waals surface area contributed by atoms with Crippen LogP contribution in [0.4, 0.5) is 30.5 Å². The summed E-state index contributed by atoms with van der Waals surface area (Å²) in [6.07, 6.45) is -4.44. The van der Waals surface area contributed by atoms with Crippen molar-refractivity contribution >= 4 is 29.1 Å². The summed E-state index contributed by atoms with van der Waals surface area (Å²) in [5.74, 6) is 0.343. The van der Waals surface area contributed by atoms with Gasteiger partial charge in [-0.1, -0.05) is 0 Å². The van der Waals surface area contributed by atoms with Gasteiger partial charge in [0.05, 0.1) is 5.56 Å². The number of nitrogen functional groups attached to an aromatic ring is 3. The molecule has 106 valence electrons. The Morgan fingerprint density at radius 2 is 1.55 bits per heavy atom. The Hall–Kier alpha value is -2.16. The van der Waals surface area contributed by atoms with Crippen LogP contribution in [0.25, 0.3) is 0 Å². The molecule has 0 atom stereocenters. The van der Waals surface area contributed by atoms with Gasteiger partial charge in [0.1, 0.15) is 11.6 Å². The largest absolute Gasteiger partial charge is 0.416 e. The molecule has 1 aromatic heterocycles. The van der Waals surface area contributed by atoms with Crippen LogP contribution in [0.1, 0.15) is 5.56 Å². The van der Waals surface area contributed by atoms with E-state index in [1.807, 2.05) is 0 Å². The van der Waals surface area contributed by atoms with Crippen molar-refractivity contribution in [1.29, 1.82) is 0 Å². The Morgan fingerprint density at radius 3 is 2.05 bits per heavy atom. The molecule has 2 aromatic rings. The maximum absolute atomic E-state index is 12.5. The molecule has 0 amide bonds. The molecule has 0 radical (unpaired) electrons. The zero-order chi connectivity index (χ0) is 14.9. The van der Waals surface area contributed by atoms with E-state index in [-0.39, 0.29) is 22.5 Å². The van der Waals surface area contributed by atoms with Gasteiger partial charge in [-0.3, -0.25) is 0 Å². The molecule has 0 bridgehead atoms. The van der Waals surface area contributed by atoms with Gasteiger partial charge in [-0.25, -0.2) is 9.97 Å². The number of nitrogens with zero attached hydrogens (tertiary/aromatic N) is 2. The van der Waals surface area contributed by atoms with E-state index >= 15 is 0 Å². The maximum atomic E-state index is 12.5. The van der Waals surface area contributed by atoms with E-state index in [0.29, 0.717) is 4.90 Å². The summed E-state index contributed by atoms with van der Waals surface area (Å²) in [6, 6.07) is 4.43. The van der Waals surface area contributed by atoms with Crippen LogP contribution in [0.2, 0.25) is 0 Å². The van der Waals surface area contributed by atoms with Crippen LogP contribution in [0, 0.1) is 0 Å². The minimum Gasteiger partial charge on any atom is -0.398 e.